The quantitative estimate of drug-likeness (QED) is 0.695. The molecule has 0 N–H and O–H groups in total. The Morgan fingerprint density at radius 1 is 1.27 bits per heavy atom. The van der Waals surface area contributed by atoms with Crippen molar-refractivity contribution in [3.05, 3.63) is 29.3 Å². The number of carbonyl (C=O) groups is 2. The third-order valence-electron chi connectivity index (χ3n) is 6.48. The van der Waals surface area contributed by atoms with Crippen LogP contribution in [0.5, 0.6) is 0 Å². The van der Waals surface area contributed by atoms with Crippen LogP contribution in [-0.4, -0.2) is 35.7 Å². The minimum Gasteiger partial charge on any atom is -0.375 e. The first-order valence-corrected chi connectivity index (χ1v) is 9.79. The fourth-order valence-electron chi connectivity index (χ4n) is 5.24. The molecule has 1 aromatic rings. The molecular formula is C21H21F3N2O4. The molecule has 3 heterocycles. The van der Waals surface area contributed by atoms with Gasteiger partial charge in [0.1, 0.15) is 5.60 Å². The highest BCUT2D eigenvalue weighted by atomic mass is 19.4. The summed E-state index contributed by atoms with van der Waals surface area (Å²) in [5, 5.41) is 8.99. The molecule has 1 aromatic carbocycles. The van der Waals surface area contributed by atoms with Crippen LogP contribution in [0.25, 0.3) is 0 Å². The van der Waals surface area contributed by atoms with Crippen LogP contribution in [0.1, 0.15) is 44.7 Å². The third kappa shape index (κ3) is 2.70. The molecule has 0 unspecified atom stereocenters. The smallest absolute Gasteiger partial charge is 0.375 e. The molecule has 6 nitrogen and oxygen atoms in total. The van der Waals surface area contributed by atoms with E-state index in [1.54, 1.807) is 13.8 Å². The number of anilines is 1. The van der Waals surface area contributed by atoms with Gasteiger partial charge >= 0.3 is 6.18 Å². The molecule has 30 heavy (non-hydrogen) atoms. The molecule has 3 saturated heterocycles. The van der Waals surface area contributed by atoms with Crippen molar-refractivity contribution in [3.63, 3.8) is 0 Å². The third-order valence-corrected chi connectivity index (χ3v) is 6.48. The highest BCUT2D eigenvalue weighted by Gasteiger charge is 2.76. The topological polar surface area (TPSA) is 79.6 Å². The van der Waals surface area contributed by atoms with Crippen LogP contribution in [0.15, 0.2) is 18.2 Å². The molecule has 0 radical (unpaired) electrons. The summed E-state index contributed by atoms with van der Waals surface area (Å²) in [4.78, 5) is 27.3. The second kappa shape index (κ2) is 6.53. The Morgan fingerprint density at radius 2 is 1.93 bits per heavy atom. The summed E-state index contributed by atoms with van der Waals surface area (Å²) >= 11 is 0. The zero-order valence-corrected chi connectivity index (χ0v) is 16.7. The largest absolute Gasteiger partial charge is 0.417 e. The van der Waals surface area contributed by atoms with E-state index in [1.165, 1.54) is 12.1 Å². The van der Waals surface area contributed by atoms with E-state index in [0.29, 0.717) is 19.1 Å². The lowest BCUT2D eigenvalue weighted by atomic mass is 9.67. The van der Waals surface area contributed by atoms with Crippen LogP contribution >= 0.6 is 0 Å². The number of amides is 2. The highest BCUT2D eigenvalue weighted by Crippen LogP contribution is 2.61. The summed E-state index contributed by atoms with van der Waals surface area (Å²) < 4.78 is 52.2. The maximum absolute atomic E-state index is 13.4. The van der Waals surface area contributed by atoms with Crippen LogP contribution in [0.3, 0.4) is 0 Å². The van der Waals surface area contributed by atoms with Gasteiger partial charge in [-0.05, 0) is 38.5 Å². The standard InChI is InChI=1S/C21H21F3N2O4/c1-4-7-29-14-9-19(2)15-16(20(14,3)30-19)18(28)26(17(15)27)12-6-5-11(10-25)13(8-12)21(22,23)24/h5-6,8,14-16H,4,7,9H2,1-3H3/t14-,15+,16-,19+,20-/m0/s1. The van der Waals surface area contributed by atoms with Gasteiger partial charge in [-0.2, -0.15) is 18.4 Å². The zero-order chi connectivity index (χ0) is 22.1. The first kappa shape index (κ1) is 20.8. The van der Waals surface area contributed by atoms with Crippen molar-refractivity contribution in [2.75, 3.05) is 11.5 Å². The predicted molar refractivity (Wildman–Crippen MR) is 98.2 cm³/mol. The van der Waals surface area contributed by atoms with Crippen molar-refractivity contribution in [3.8, 4) is 6.07 Å². The monoisotopic (exact) mass is 422 g/mol. The van der Waals surface area contributed by atoms with Gasteiger partial charge in [0, 0.05) is 13.0 Å². The zero-order valence-electron chi connectivity index (χ0n) is 16.7. The Hall–Kier alpha value is -2.44. The molecule has 5 atom stereocenters. The van der Waals surface area contributed by atoms with Gasteiger partial charge in [0.15, 0.2) is 0 Å². The summed E-state index contributed by atoms with van der Waals surface area (Å²) in [6.07, 6.45) is -3.96. The van der Waals surface area contributed by atoms with Crippen LogP contribution in [0, 0.1) is 23.2 Å². The lowest BCUT2D eigenvalue weighted by molar-refractivity contribution is -0.138. The summed E-state index contributed by atoms with van der Waals surface area (Å²) in [6, 6.07) is 4.37. The number of rotatable bonds is 4. The summed E-state index contributed by atoms with van der Waals surface area (Å²) in [5.74, 6) is -2.81. The normalized spacial score (nSPS) is 35.1. The lowest BCUT2D eigenvalue weighted by Gasteiger charge is -2.35. The maximum Gasteiger partial charge on any atom is 0.417 e. The number of halogens is 3. The molecule has 160 valence electrons. The number of imide groups is 1. The molecular weight excluding hydrogens is 401 g/mol. The van der Waals surface area contributed by atoms with Gasteiger partial charge in [-0.15, -0.1) is 0 Å². The van der Waals surface area contributed by atoms with Crippen molar-refractivity contribution in [2.24, 2.45) is 11.8 Å². The van der Waals surface area contributed by atoms with Crippen LogP contribution in [0.4, 0.5) is 18.9 Å². The summed E-state index contributed by atoms with van der Waals surface area (Å²) in [5.41, 5.74) is -3.90. The average molecular weight is 422 g/mol. The number of alkyl halides is 3. The molecule has 4 rings (SSSR count). The number of hydrogen-bond acceptors (Lipinski definition) is 5. The number of hydrogen-bond donors (Lipinski definition) is 0. The van der Waals surface area contributed by atoms with Crippen molar-refractivity contribution < 1.29 is 32.2 Å². The van der Waals surface area contributed by atoms with E-state index >= 15 is 0 Å². The Morgan fingerprint density at radius 3 is 2.53 bits per heavy atom. The van der Waals surface area contributed by atoms with Gasteiger partial charge in [0.25, 0.3) is 0 Å². The molecule has 0 spiro atoms. The highest BCUT2D eigenvalue weighted by molar-refractivity contribution is 6.23. The Labute approximate surface area is 171 Å². The minimum absolute atomic E-state index is 0.191. The molecule has 0 aromatic heterocycles. The fraction of sp³-hybridized carbons (Fsp3) is 0.571. The summed E-state index contributed by atoms with van der Waals surface area (Å²) in [6.45, 7) is 5.92. The van der Waals surface area contributed by atoms with Crippen molar-refractivity contribution in [1.82, 2.24) is 0 Å². The van der Waals surface area contributed by atoms with Gasteiger partial charge in [-0.3, -0.25) is 9.59 Å². The number of nitrogens with zero attached hydrogens (tertiary/aromatic N) is 2. The number of fused-ring (bicyclic) bond motifs is 5. The maximum atomic E-state index is 13.4. The van der Waals surface area contributed by atoms with Gasteiger partial charge in [-0.1, -0.05) is 6.92 Å². The van der Waals surface area contributed by atoms with E-state index < -0.39 is 52.2 Å². The summed E-state index contributed by atoms with van der Waals surface area (Å²) in [7, 11) is 0. The number of carbonyl (C=O) groups excluding carboxylic acids is 2. The van der Waals surface area contributed by atoms with Crippen molar-refractivity contribution >= 4 is 17.5 Å². The second-order valence-corrected chi connectivity index (χ2v) is 8.47. The van der Waals surface area contributed by atoms with Crippen molar-refractivity contribution in [2.45, 2.75) is 57.1 Å². The van der Waals surface area contributed by atoms with Crippen LogP contribution in [-0.2, 0) is 25.2 Å². The molecule has 2 bridgehead atoms. The molecule has 2 amide bonds. The Kier molecular flexibility index (Phi) is 4.53. The first-order valence-electron chi connectivity index (χ1n) is 9.79. The molecule has 3 aliphatic rings. The fourth-order valence-corrected chi connectivity index (χ4v) is 5.24. The average Bonchev–Trinajstić information content (AvgIpc) is 3.19. The minimum atomic E-state index is -4.79. The molecule has 3 aliphatic heterocycles. The van der Waals surface area contributed by atoms with Gasteiger partial charge < -0.3 is 9.47 Å². The van der Waals surface area contributed by atoms with E-state index in [9.17, 15) is 22.8 Å². The van der Waals surface area contributed by atoms with Crippen LogP contribution in [0.2, 0.25) is 0 Å². The predicted octanol–water partition coefficient (Wildman–Crippen LogP) is 3.43. The molecule has 0 aliphatic carbocycles. The van der Waals surface area contributed by atoms with Gasteiger partial charge in [0.2, 0.25) is 11.8 Å². The van der Waals surface area contributed by atoms with E-state index in [1.807, 2.05) is 6.92 Å². The molecule has 3 fully saturated rings. The number of ether oxygens (including phenoxy) is 2. The van der Waals surface area contributed by atoms with Gasteiger partial charge in [0.05, 0.1) is 46.4 Å². The molecule has 0 saturated carbocycles. The van der Waals surface area contributed by atoms with Gasteiger partial charge in [-0.25, -0.2) is 4.90 Å². The van der Waals surface area contributed by atoms with E-state index in [0.717, 1.165) is 17.4 Å². The first-order chi connectivity index (χ1) is 14.0. The number of benzene rings is 1. The Balaban J connectivity index is 1.74. The number of nitriles is 1. The SMILES string of the molecule is CCCO[C@H]1C[C@@]2(C)O[C@]1(C)[C@@H]1C(=O)N(c3ccc(C#N)c(C(F)(F)F)c3)C(=O)[C@@H]12. The van der Waals surface area contributed by atoms with E-state index in [4.69, 9.17) is 14.7 Å². The lowest BCUT2D eigenvalue weighted by Crippen LogP contribution is -2.50. The van der Waals surface area contributed by atoms with E-state index in [-0.39, 0.29) is 11.8 Å². The molecule has 9 heteroatoms. The van der Waals surface area contributed by atoms with E-state index in [2.05, 4.69) is 0 Å². The Bertz CT molecular complexity index is 972. The second-order valence-electron chi connectivity index (χ2n) is 8.47. The van der Waals surface area contributed by atoms with Crippen molar-refractivity contribution in [1.29, 1.82) is 5.26 Å². The van der Waals surface area contributed by atoms with Crippen LogP contribution < -0.4 is 4.90 Å².